The van der Waals surface area contributed by atoms with Gasteiger partial charge in [-0.15, -0.1) is 0 Å². The largest absolute Gasteiger partial charge is 0.420 e. The second-order valence-electron chi connectivity index (χ2n) is 6.30. The minimum Gasteiger partial charge on any atom is -0.420 e. The molecule has 3 aromatic rings. The fourth-order valence-electron chi connectivity index (χ4n) is 2.66. The first-order valence-corrected chi connectivity index (χ1v) is 9.24. The molecule has 0 bridgehead atoms. The van der Waals surface area contributed by atoms with Crippen molar-refractivity contribution in [3.63, 3.8) is 0 Å². The highest BCUT2D eigenvalue weighted by Gasteiger charge is 2.18. The topological polar surface area (TPSA) is 52.1 Å². The van der Waals surface area contributed by atoms with Crippen LogP contribution in [-0.2, 0) is 6.42 Å². The van der Waals surface area contributed by atoms with Crippen LogP contribution in [0.2, 0.25) is 5.02 Å². The number of benzene rings is 2. The number of esters is 1. The summed E-state index contributed by atoms with van der Waals surface area (Å²) in [4.78, 5) is 20.0. The van der Waals surface area contributed by atoms with Crippen molar-refractivity contribution >= 4 is 17.6 Å². The minimum absolute atomic E-state index is 0.0363. The Bertz CT molecular complexity index is 1020. The smallest absolute Gasteiger partial charge is 0.381 e. The maximum Gasteiger partial charge on any atom is 0.381 e. The van der Waals surface area contributed by atoms with E-state index in [1.807, 2.05) is 0 Å². The summed E-state index contributed by atoms with van der Waals surface area (Å²) < 4.78 is 47.5. The zero-order valence-corrected chi connectivity index (χ0v) is 16.1. The first kappa shape index (κ1) is 20.8. The van der Waals surface area contributed by atoms with Crippen LogP contribution in [-0.4, -0.2) is 15.9 Å². The summed E-state index contributed by atoms with van der Waals surface area (Å²) in [7, 11) is 0. The first-order chi connectivity index (χ1) is 13.9. The summed E-state index contributed by atoms with van der Waals surface area (Å²) >= 11 is 5.59. The Labute approximate surface area is 170 Å². The van der Waals surface area contributed by atoms with E-state index in [4.69, 9.17) is 16.3 Å². The predicted molar refractivity (Wildman–Crippen MR) is 102 cm³/mol. The maximum atomic E-state index is 14.4. The van der Waals surface area contributed by atoms with Gasteiger partial charge in [-0.2, -0.15) is 0 Å². The number of carbonyl (C=O) groups excluding carboxylic acids is 1. The Morgan fingerprint density at radius 1 is 1.03 bits per heavy atom. The van der Waals surface area contributed by atoms with Crippen LogP contribution >= 0.6 is 11.6 Å². The number of rotatable bonds is 6. The number of aryl methyl sites for hydroxylation is 1. The van der Waals surface area contributed by atoms with Gasteiger partial charge in [0, 0.05) is 24.5 Å². The Morgan fingerprint density at radius 3 is 2.28 bits per heavy atom. The molecule has 0 radical (unpaired) electrons. The van der Waals surface area contributed by atoms with Crippen molar-refractivity contribution in [3.8, 4) is 16.9 Å². The van der Waals surface area contributed by atoms with Crippen LogP contribution in [0.4, 0.5) is 13.2 Å². The van der Waals surface area contributed by atoms with Gasteiger partial charge >= 0.3 is 5.97 Å². The highest BCUT2D eigenvalue weighted by Crippen LogP contribution is 2.31. The number of ether oxygens (including phenoxy) is 1. The van der Waals surface area contributed by atoms with Crippen LogP contribution in [0.5, 0.6) is 5.75 Å². The molecule has 150 valence electrons. The molecule has 0 saturated heterocycles. The van der Waals surface area contributed by atoms with E-state index in [0.29, 0.717) is 0 Å². The zero-order chi connectivity index (χ0) is 21.0. The van der Waals surface area contributed by atoms with Crippen molar-refractivity contribution in [3.05, 3.63) is 76.6 Å². The molecule has 1 aromatic heterocycles. The van der Waals surface area contributed by atoms with Gasteiger partial charge in [-0.05, 0) is 36.1 Å². The van der Waals surface area contributed by atoms with Crippen LogP contribution < -0.4 is 4.74 Å². The average Bonchev–Trinajstić information content (AvgIpc) is 2.69. The summed E-state index contributed by atoms with van der Waals surface area (Å²) in [6, 6.07) is 5.06. The number of halogens is 4. The standard InChI is InChI=1S/C21H16ClF3N2O2/c1-2-3-4-12-10-26-20(27-11-12)21(28)29-14-8-17(24)19(18(25)9-14)13-5-6-15(22)16(23)7-13/h5-11H,2-4H2,1H3. The second-order valence-corrected chi connectivity index (χ2v) is 6.71. The van der Waals surface area contributed by atoms with Gasteiger partial charge in [0.2, 0.25) is 5.82 Å². The molecule has 0 N–H and O–H groups in total. The van der Waals surface area contributed by atoms with E-state index >= 15 is 0 Å². The monoisotopic (exact) mass is 420 g/mol. The first-order valence-electron chi connectivity index (χ1n) is 8.86. The number of hydrogen-bond acceptors (Lipinski definition) is 4. The molecule has 3 rings (SSSR count). The Balaban J connectivity index is 1.79. The van der Waals surface area contributed by atoms with Crippen molar-refractivity contribution in [1.82, 2.24) is 9.97 Å². The van der Waals surface area contributed by atoms with Crippen LogP contribution in [0.15, 0.2) is 42.7 Å². The molecule has 0 spiro atoms. The fraction of sp³-hybridized carbons (Fsp3) is 0.190. The zero-order valence-electron chi connectivity index (χ0n) is 15.4. The quantitative estimate of drug-likeness (QED) is 0.375. The number of nitrogens with zero attached hydrogens (tertiary/aromatic N) is 2. The molecule has 0 aliphatic heterocycles. The maximum absolute atomic E-state index is 14.4. The second kappa shape index (κ2) is 9.05. The molecule has 8 heteroatoms. The lowest BCUT2D eigenvalue weighted by molar-refractivity contribution is 0.0721. The number of hydrogen-bond donors (Lipinski definition) is 0. The van der Waals surface area contributed by atoms with Crippen molar-refractivity contribution < 1.29 is 22.7 Å². The van der Waals surface area contributed by atoms with Crippen LogP contribution in [0.3, 0.4) is 0 Å². The molecular formula is C21H16ClF3N2O2. The summed E-state index contributed by atoms with van der Waals surface area (Å²) in [5.74, 6) is -4.39. The third-order valence-corrected chi connectivity index (χ3v) is 4.45. The molecule has 0 aliphatic rings. The fourth-order valence-corrected chi connectivity index (χ4v) is 2.78. The minimum atomic E-state index is -1.02. The Kier molecular flexibility index (Phi) is 6.49. The molecule has 0 fully saturated rings. The SMILES string of the molecule is CCCCc1cnc(C(=O)Oc2cc(F)c(-c3ccc(Cl)c(F)c3)c(F)c2)nc1. The molecule has 0 saturated carbocycles. The molecule has 1 heterocycles. The van der Waals surface area contributed by atoms with E-state index in [1.165, 1.54) is 24.5 Å². The molecule has 4 nitrogen and oxygen atoms in total. The summed E-state index contributed by atoms with van der Waals surface area (Å²) in [5, 5.41) is -0.166. The lowest BCUT2D eigenvalue weighted by Gasteiger charge is -2.09. The summed E-state index contributed by atoms with van der Waals surface area (Å²) in [6.45, 7) is 2.06. The summed E-state index contributed by atoms with van der Waals surface area (Å²) in [5.41, 5.74) is 0.378. The van der Waals surface area contributed by atoms with Gasteiger partial charge in [0.05, 0.1) is 10.6 Å². The molecule has 29 heavy (non-hydrogen) atoms. The number of unbranched alkanes of at least 4 members (excludes halogenated alkanes) is 1. The molecule has 0 aliphatic carbocycles. The van der Waals surface area contributed by atoms with Crippen LogP contribution in [0.1, 0.15) is 35.9 Å². The van der Waals surface area contributed by atoms with E-state index in [1.54, 1.807) is 0 Å². The highest BCUT2D eigenvalue weighted by atomic mass is 35.5. The van der Waals surface area contributed by atoms with E-state index in [2.05, 4.69) is 16.9 Å². The Hall–Kier alpha value is -2.93. The highest BCUT2D eigenvalue weighted by molar-refractivity contribution is 6.30. The Morgan fingerprint density at radius 2 is 1.69 bits per heavy atom. The van der Waals surface area contributed by atoms with Crippen molar-refractivity contribution in [1.29, 1.82) is 0 Å². The molecule has 0 unspecified atom stereocenters. The van der Waals surface area contributed by atoms with Crippen LogP contribution in [0.25, 0.3) is 11.1 Å². The van der Waals surface area contributed by atoms with Gasteiger partial charge in [0.1, 0.15) is 23.2 Å². The number of carbonyl (C=O) groups is 1. The van der Waals surface area contributed by atoms with Gasteiger partial charge in [0.15, 0.2) is 0 Å². The van der Waals surface area contributed by atoms with Gasteiger partial charge in [-0.25, -0.2) is 27.9 Å². The van der Waals surface area contributed by atoms with Gasteiger partial charge in [0.25, 0.3) is 0 Å². The van der Waals surface area contributed by atoms with Crippen molar-refractivity contribution in [2.45, 2.75) is 26.2 Å². The van der Waals surface area contributed by atoms with Crippen molar-refractivity contribution in [2.24, 2.45) is 0 Å². The van der Waals surface area contributed by atoms with Crippen molar-refractivity contribution in [2.75, 3.05) is 0 Å². The average molecular weight is 421 g/mol. The lowest BCUT2D eigenvalue weighted by Crippen LogP contribution is -2.13. The third-order valence-electron chi connectivity index (χ3n) is 4.14. The van der Waals surface area contributed by atoms with E-state index in [-0.39, 0.29) is 22.2 Å². The lowest BCUT2D eigenvalue weighted by atomic mass is 10.0. The molecule has 2 aromatic carbocycles. The van der Waals surface area contributed by atoms with E-state index in [0.717, 1.165) is 43.0 Å². The van der Waals surface area contributed by atoms with Gasteiger partial charge < -0.3 is 4.74 Å². The summed E-state index contributed by atoms with van der Waals surface area (Å²) in [6.07, 6.45) is 5.79. The predicted octanol–water partition coefficient (Wildman–Crippen LogP) is 5.78. The third kappa shape index (κ3) is 4.92. The molecule has 0 amide bonds. The van der Waals surface area contributed by atoms with E-state index < -0.39 is 29.0 Å². The van der Waals surface area contributed by atoms with E-state index in [9.17, 15) is 18.0 Å². The molecule has 0 atom stereocenters. The molecular weight excluding hydrogens is 405 g/mol. The van der Waals surface area contributed by atoms with Gasteiger partial charge in [-0.3, -0.25) is 0 Å². The van der Waals surface area contributed by atoms with Crippen LogP contribution in [0, 0.1) is 17.5 Å². The van der Waals surface area contributed by atoms with Gasteiger partial charge in [-0.1, -0.05) is 31.0 Å². The number of aromatic nitrogens is 2. The normalized spacial score (nSPS) is 10.8.